The fourth-order valence-corrected chi connectivity index (χ4v) is 1.46. The second kappa shape index (κ2) is 8.53. The Morgan fingerprint density at radius 2 is 2.06 bits per heavy atom. The fraction of sp³-hybridized carbons (Fsp3) is 0.917. The van der Waals surface area contributed by atoms with Crippen LogP contribution in [0.1, 0.15) is 40.0 Å². The van der Waals surface area contributed by atoms with E-state index >= 15 is 0 Å². The van der Waals surface area contributed by atoms with Gasteiger partial charge in [-0.25, -0.2) is 0 Å². The molecule has 0 bridgehead atoms. The highest BCUT2D eigenvalue weighted by Crippen LogP contribution is 1.98. The predicted molar refractivity (Wildman–Crippen MR) is 68.3 cm³/mol. The molecule has 1 unspecified atom stereocenters. The summed E-state index contributed by atoms with van der Waals surface area (Å²) in [5, 5.41) is 2.87. The van der Waals surface area contributed by atoms with E-state index in [-0.39, 0.29) is 11.9 Å². The van der Waals surface area contributed by atoms with Crippen LogP contribution in [-0.2, 0) is 4.79 Å². The lowest BCUT2D eigenvalue weighted by molar-refractivity contribution is -0.122. The number of rotatable bonds is 8. The van der Waals surface area contributed by atoms with Crippen molar-refractivity contribution in [3.05, 3.63) is 0 Å². The van der Waals surface area contributed by atoms with Gasteiger partial charge in [-0.05, 0) is 26.8 Å². The van der Waals surface area contributed by atoms with Gasteiger partial charge in [-0.1, -0.05) is 20.3 Å². The standard InChI is InChI=1S/C12H27N3O/c1-5-7-11(13)12(16)14-8-9-15(4)10(3)6-2/h10-11H,5-9,13H2,1-4H3,(H,14,16)/t10?,11-/m1/s1. The molecule has 0 aromatic heterocycles. The van der Waals surface area contributed by atoms with Gasteiger partial charge in [0.2, 0.25) is 5.91 Å². The molecular formula is C12H27N3O. The Balaban J connectivity index is 3.69. The zero-order valence-corrected chi connectivity index (χ0v) is 11.1. The van der Waals surface area contributed by atoms with E-state index < -0.39 is 0 Å². The number of hydrogen-bond acceptors (Lipinski definition) is 3. The van der Waals surface area contributed by atoms with Gasteiger partial charge in [0, 0.05) is 19.1 Å². The van der Waals surface area contributed by atoms with Crippen LogP contribution in [0.4, 0.5) is 0 Å². The van der Waals surface area contributed by atoms with Crippen molar-refractivity contribution in [2.75, 3.05) is 20.1 Å². The molecule has 0 rings (SSSR count). The number of carbonyl (C=O) groups is 1. The van der Waals surface area contributed by atoms with E-state index in [4.69, 9.17) is 5.73 Å². The van der Waals surface area contributed by atoms with Gasteiger partial charge < -0.3 is 16.0 Å². The molecule has 0 saturated carbocycles. The van der Waals surface area contributed by atoms with Crippen LogP contribution in [0.15, 0.2) is 0 Å². The van der Waals surface area contributed by atoms with Gasteiger partial charge in [0.05, 0.1) is 6.04 Å². The highest BCUT2D eigenvalue weighted by molar-refractivity contribution is 5.81. The van der Waals surface area contributed by atoms with Crippen LogP contribution in [0.3, 0.4) is 0 Å². The van der Waals surface area contributed by atoms with Crippen LogP contribution in [-0.4, -0.2) is 43.0 Å². The quantitative estimate of drug-likeness (QED) is 0.652. The van der Waals surface area contributed by atoms with E-state index in [1.807, 2.05) is 6.92 Å². The van der Waals surface area contributed by atoms with Gasteiger partial charge >= 0.3 is 0 Å². The summed E-state index contributed by atoms with van der Waals surface area (Å²) in [6.07, 6.45) is 2.83. The molecule has 2 atom stereocenters. The van der Waals surface area contributed by atoms with Crippen molar-refractivity contribution in [2.24, 2.45) is 5.73 Å². The Bertz CT molecular complexity index is 197. The van der Waals surface area contributed by atoms with Crippen molar-refractivity contribution >= 4 is 5.91 Å². The minimum atomic E-state index is -0.348. The molecular weight excluding hydrogens is 202 g/mol. The maximum absolute atomic E-state index is 11.5. The lowest BCUT2D eigenvalue weighted by Crippen LogP contribution is -2.44. The second-order valence-electron chi connectivity index (χ2n) is 4.42. The molecule has 96 valence electrons. The lowest BCUT2D eigenvalue weighted by atomic mass is 10.2. The summed E-state index contributed by atoms with van der Waals surface area (Å²) in [5.74, 6) is -0.0283. The Labute approximate surface area is 99.6 Å². The lowest BCUT2D eigenvalue weighted by Gasteiger charge is -2.23. The maximum atomic E-state index is 11.5. The Morgan fingerprint density at radius 3 is 2.56 bits per heavy atom. The predicted octanol–water partition coefficient (Wildman–Crippen LogP) is 0.960. The summed E-state index contributed by atoms with van der Waals surface area (Å²) < 4.78 is 0. The average Bonchev–Trinajstić information content (AvgIpc) is 2.27. The van der Waals surface area contributed by atoms with E-state index in [9.17, 15) is 4.79 Å². The molecule has 0 radical (unpaired) electrons. The van der Waals surface area contributed by atoms with Gasteiger partial charge in [0.25, 0.3) is 0 Å². The van der Waals surface area contributed by atoms with Crippen LogP contribution in [0.25, 0.3) is 0 Å². The minimum absolute atomic E-state index is 0.0283. The van der Waals surface area contributed by atoms with Crippen molar-refractivity contribution in [3.8, 4) is 0 Å². The smallest absolute Gasteiger partial charge is 0.236 e. The molecule has 0 aliphatic rings. The molecule has 0 spiro atoms. The van der Waals surface area contributed by atoms with Gasteiger partial charge in [-0.2, -0.15) is 0 Å². The first kappa shape index (κ1) is 15.4. The number of hydrogen-bond donors (Lipinski definition) is 2. The van der Waals surface area contributed by atoms with Crippen LogP contribution in [0, 0.1) is 0 Å². The molecule has 1 amide bonds. The molecule has 0 aliphatic carbocycles. The molecule has 0 aromatic rings. The Hall–Kier alpha value is -0.610. The average molecular weight is 229 g/mol. The minimum Gasteiger partial charge on any atom is -0.353 e. The van der Waals surface area contributed by atoms with Crippen LogP contribution in [0.5, 0.6) is 0 Å². The normalized spacial score (nSPS) is 14.9. The molecule has 4 heteroatoms. The third kappa shape index (κ3) is 6.08. The zero-order valence-electron chi connectivity index (χ0n) is 11.1. The molecule has 0 fully saturated rings. The van der Waals surface area contributed by atoms with Crippen LogP contribution >= 0.6 is 0 Å². The van der Waals surface area contributed by atoms with Crippen molar-refractivity contribution in [3.63, 3.8) is 0 Å². The zero-order chi connectivity index (χ0) is 12.6. The third-order valence-electron chi connectivity index (χ3n) is 3.04. The van der Waals surface area contributed by atoms with Crippen molar-refractivity contribution in [1.29, 1.82) is 0 Å². The first-order chi connectivity index (χ1) is 7.52. The molecule has 0 aromatic carbocycles. The monoisotopic (exact) mass is 229 g/mol. The first-order valence-corrected chi connectivity index (χ1v) is 6.26. The van der Waals surface area contributed by atoms with Gasteiger partial charge in [-0.15, -0.1) is 0 Å². The topological polar surface area (TPSA) is 58.4 Å². The largest absolute Gasteiger partial charge is 0.353 e. The SMILES string of the molecule is CCC[C@@H](N)C(=O)NCCN(C)C(C)CC. The van der Waals surface area contributed by atoms with Crippen LogP contribution in [0.2, 0.25) is 0 Å². The van der Waals surface area contributed by atoms with Gasteiger partial charge in [-0.3, -0.25) is 4.79 Å². The van der Waals surface area contributed by atoms with E-state index in [0.717, 1.165) is 25.8 Å². The summed E-state index contributed by atoms with van der Waals surface area (Å²) in [7, 11) is 2.08. The third-order valence-corrected chi connectivity index (χ3v) is 3.04. The van der Waals surface area contributed by atoms with E-state index in [0.29, 0.717) is 12.6 Å². The fourth-order valence-electron chi connectivity index (χ4n) is 1.46. The Kier molecular flexibility index (Phi) is 8.21. The highest BCUT2D eigenvalue weighted by Gasteiger charge is 2.12. The number of nitrogens with one attached hydrogen (secondary N) is 1. The van der Waals surface area contributed by atoms with E-state index in [1.165, 1.54) is 0 Å². The molecule has 0 aliphatic heterocycles. The van der Waals surface area contributed by atoms with E-state index in [1.54, 1.807) is 0 Å². The molecule has 4 nitrogen and oxygen atoms in total. The van der Waals surface area contributed by atoms with Crippen molar-refractivity contribution in [1.82, 2.24) is 10.2 Å². The number of nitrogens with zero attached hydrogens (tertiary/aromatic N) is 1. The molecule has 16 heavy (non-hydrogen) atoms. The summed E-state index contributed by atoms with van der Waals surface area (Å²) in [6, 6.07) is 0.208. The van der Waals surface area contributed by atoms with Gasteiger partial charge in [0.1, 0.15) is 0 Å². The van der Waals surface area contributed by atoms with Gasteiger partial charge in [0.15, 0.2) is 0 Å². The molecule has 0 saturated heterocycles. The molecule has 3 N–H and O–H groups in total. The van der Waals surface area contributed by atoms with Crippen molar-refractivity contribution < 1.29 is 4.79 Å². The first-order valence-electron chi connectivity index (χ1n) is 6.26. The van der Waals surface area contributed by atoms with Crippen molar-refractivity contribution in [2.45, 2.75) is 52.1 Å². The summed E-state index contributed by atoms with van der Waals surface area (Å²) in [4.78, 5) is 13.7. The summed E-state index contributed by atoms with van der Waals surface area (Å²) in [6.45, 7) is 7.93. The summed E-state index contributed by atoms with van der Waals surface area (Å²) >= 11 is 0. The van der Waals surface area contributed by atoms with E-state index in [2.05, 4.69) is 31.1 Å². The molecule has 0 heterocycles. The summed E-state index contributed by atoms with van der Waals surface area (Å²) in [5.41, 5.74) is 5.70. The van der Waals surface area contributed by atoms with Crippen LogP contribution < -0.4 is 11.1 Å². The second-order valence-corrected chi connectivity index (χ2v) is 4.42. The number of nitrogens with two attached hydrogens (primary N) is 1. The Morgan fingerprint density at radius 1 is 1.44 bits per heavy atom. The highest BCUT2D eigenvalue weighted by atomic mass is 16.2. The number of likely N-dealkylation sites (N-methyl/N-ethyl adjacent to an activating group) is 1. The number of amides is 1. The number of carbonyl (C=O) groups excluding carboxylic acids is 1. The maximum Gasteiger partial charge on any atom is 0.236 e.